The van der Waals surface area contributed by atoms with Crippen LogP contribution in [0.3, 0.4) is 0 Å². The molecule has 19 heavy (non-hydrogen) atoms. The van der Waals surface area contributed by atoms with Crippen molar-refractivity contribution in [1.82, 2.24) is 5.32 Å². The van der Waals surface area contributed by atoms with Crippen molar-refractivity contribution in [2.75, 3.05) is 13.2 Å². The molecule has 1 aliphatic carbocycles. The monoisotopic (exact) mass is 265 g/mol. The van der Waals surface area contributed by atoms with E-state index in [1.807, 2.05) is 6.07 Å². The second kappa shape index (κ2) is 6.02. The molecule has 0 aromatic heterocycles. The van der Waals surface area contributed by atoms with Crippen LogP contribution in [0.1, 0.15) is 45.3 Å². The molecule has 2 rings (SSSR count). The molecule has 0 heterocycles. The molecule has 106 valence electrons. The lowest BCUT2D eigenvalue weighted by Crippen LogP contribution is -2.39. The molecule has 0 bridgehead atoms. The Balaban J connectivity index is 1.99. The van der Waals surface area contributed by atoms with Crippen molar-refractivity contribution in [3.8, 4) is 0 Å². The standard InChI is InChI=1S/C16H24FNO/c1-16(2,3)18-10-15(19-11-12-7-8-12)13-5-4-6-14(17)9-13/h4-6,9,12,15,18H,7-8,10-11H2,1-3H3. The predicted octanol–water partition coefficient (Wildman–Crippen LogP) is 3.68. The van der Waals surface area contributed by atoms with Crippen LogP contribution < -0.4 is 5.32 Å². The first-order valence-electron chi connectivity index (χ1n) is 7.06. The van der Waals surface area contributed by atoms with Crippen LogP contribution in [0.15, 0.2) is 24.3 Å². The van der Waals surface area contributed by atoms with Crippen LogP contribution in [0.5, 0.6) is 0 Å². The van der Waals surface area contributed by atoms with E-state index in [9.17, 15) is 4.39 Å². The van der Waals surface area contributed by atoms with Crippen molar-refractivity contribution in [1.29, 1.82) is 0 Å². The summed E-state index contributed by atoms with van der Waals surface area (Å²) in [6.07, 6.45) is 2.46. The summed E-state index contributed by atoms with van der Waals surface area (Å²) in [7, 11) is 0. The molecule has 1 saturated carbocycles. The normalized spacial score (nSPS) is 17.5. The Labute approximate surface area is 115 Å². The lowest BCUT2D eigenvalue weighted by atomic mass is 10.1. The van der Waals surface area contributed by atoms with Crippen LogP contribution in [-0.4, -0.2) is 18.7 Å². The lowest BCUT2D eigenvalue weighted by molar-refractivity contribution is 0.0410. The maximum Gasteiger partial charge on any atom is 0.123 e. The van der Waals surface area contributed by atoms with E-state index in [1.165, 1.54) is 18.9 Å². The minimum atomic E-state index is -0.201. The van der Waals surface area contributed by atoms with Crippen LogP contribution in [-0.2, 0) is 4.74 Å². The van der Waals surface area contributed by atoms with E-state index >= 15 is 0 Å². The van der Waals surface area contributed by atoms with Gasteiger partial charge in [0.15, 0.2) is 0 Å². The van der Waals surface area contributed by atoms with Gasteiger partial charge in [-0.3, -0.25) is 0 Å². The molecule has 1 aromatic rings. The van der Waals surface area contributed by atoms with Crippen LogP contribution in [0.4, 0.5) is 4.39 Å². The Kier molecular flexibility index (Phi) is 4.58. The number of rotatable bonds is 6. The van der Waals surface area contributed by atoms with Crippen LogP contribution >= 0.6 is 0 Å². The Morgan fingerprint density at radius 3 is 2.68 bits per heavy atom. The topological polar surface area (TPSA) is 21.3 Å². The molecule has 1 unspecified atom stereocenters. The SMILES string of the molecule is CC(C)(C)NCC(OCC1CC1)c1cccc(F)c1. The van der Waals surface area contributed by atoms with Crippen LogP contribution in [0.25, 0.3) is 0 Å². The van der Waals surface area contributed by atoms with Gasteiger partial charge in [-0.2, -0.15) is 0 Å². The molecule has 1 atom stereocenters. The molecule has 0 radical (unpaired) electrons. The molecule has 1 fully saturated rings. The predicted molar refractivity (Wildman–Crippen MR) is 75.6 cm³/mol. The summed E-state index contributed by atoms with van der Waals surface area (Å²) in [4.78, 5) is 0. The number of ether oxygens (including phenoxy) is 1. The Hall–Kier alpha value is -0.930. The first-order valence-corrected chi connectivity index (χ1v) is 7.06. The highest BCUT2D eigenvalue weighted by Gasteiger charge is 2.24. The second-order valence-electron chi connectivity index (χ2n) is 6.45. The second-order valence-corrected chi connectivity index (χ2v) is 6.45. The highest BCUT2D eigenvalue weighted by atomic mass is 19.1. The van der Waals surface area contributed by atoms with E-state index in [2.05, 4.69) is 26.1 Å². The number of benzene rings is 1. The van der Waals surface area contributed by atoms with Gasteiger partial charge in [-0.15, -0.1) is 0 Å². The van der Waals surface area contributed by atoms with Gasteiger partial charge in [-0.25, -0.2) is 4.39 Å². The van der Waals surface area contributed by atoms with Crippen molar-refractivity contribution < 1.29 is 9.13 Å². The van der Waals surface area contributed by atoms with Gasteiger partial charge < -0.3 is 10.1 Å². The first-order chi connectivity index (χ1) is 8.94. The summed E-state index contributed by atoms with van der Waals surface area (Å²) in [5.74, 6) is 0.513. The summed E-state index contributed by atoms with van der Waals surface area (Å²) in [5, 5.41) is 3.44. The quantitative estimate of drug-likeness (QED) is 0.847. The minimum absolute atomic E-state index is 0.0362. The summed E-state index contributed by atoms with van der Waals surface area (Å²) in [6, 6.07) is 6.72. The third-order valence-electron chi connectivity index (χ3n) is 3.27. The first kappa shape index (κ1) is 14.5. The van der Waals surface area contributed by atoms with Gasteiger partial charge in [0.1, 0.15) is 5.82 Å². The fraction of sp³-hybridized carbons (Fsp3) is 0.625. The number of nitrogens with one attached hydrogen (secondary N) is 1. The summed E-state index contributed by atoms with van der Waals surface area (Å²) < 4.78 is 19.3. The van der Waals surface area contributed by atoms with E-state index in [-0.39, 0.29) is 17.5 Å². The highest BCUT2D eigenvalue weighted by Crippen LogP contribution is 2.31. The van der Waals surface area contributed by atoms with Gasteiger partial charge in [-0.1, -0.05) is 12.1 Å². The largest absolute Gasteiger partial charge is 0.372 e. The maximum absolute atomic E-state index is 13.3. The third-order valence-corrected chi connectivity index (χ3v) is 3.27. The zero-order valence-electron chi connectivity index (χ0n) is 12.1. The van der Waals surface area contributed by atoms with Crippen molar-refractivity contribution in [3.63, 3.8) is 0 Å². The average Bonchev–Trinajstić information content (AvgIpc) is 3.11. The van der Waals surface area contributed by atoms with Gasteiger partial charge in [0.05, 0.1) is 12.7 Å². The third kappa shape index (κ3) is 5.29. The van der Waals surface area contributed by atoms with Gasteiger partial charge in [-0.05, 0) is 57.2 Å². The fourth-order valence-corrected chi connectivity index (χ4v) is 1.92. The summed E-state index contributed by atoms with van der Waals surface area (Å²) in [5.41, 5.74) is 0.950. The number of hydrogen-bond acceptors (Lipinski definition) is 2. The lowest BCUT2D eigenvalue weighted by Gasteiger charge is -2.26. The van der Waals surface area contributed by atoms with E-state index < -0.39 is 0 Å². The molecule has 0 saturated heterocycles. The van der Waals surface area contributed by atoms with Crippen LogP contribution in [0.2, 0.25) is 0 Å². The number of halogens is 1. The molecule has 1 N–H and O–H groups in total. The van der Waals surface area contributed by atoms with Crippen LogP contribution in [0, 0.1) is 11.7 Å². The van der Waals surface area contributed by atoms with E-state index in [1.54, 1.807) is 12.1 Å². The average molecular weight is 265 g/mol. The summed E-state index contributed by atoms with van der Waals surface area (Å²) >= 11 is 0. The zero-order valence-corrected chi connectivity index (χ0v) is 12.1. The Morgan fingerprint density at radius 2 is 2.11 bits per heavy atom. The molecule has 0 spiro atoms. The van der Waals surface area contributed by atoms with Gasteiger partial charge >= 0.3 is 0 Å². The maximum atomic E-state index is 13.3. The summed E-state index contributed by atoms with van der Waals surface area (Å²) in [6.45, 7) is 7.86. The Morgan fingerprint density at radius 1 is 1.37 bits per heavy atom. The molecular weight excluding hydrogens is 241 g/mol. The van der Waals surface area contributed by atoms with Gasteiger partial charge in [0.2, 0.25) is 0 Å². The molecule has 1 aliphatic rings. The molecule has 1 aromatic carbocycles. The van der Waals surface area contributed by atoms with Crippen molar-refractivity contribution in [3.05, 3.63) is 35.6 Å². The van der Waals surface area contributed by atoms with E-state index in [4.69, 9.17) is 4.74 Å². The van der Waals surface area contributed by atoms with Crippen molar-refractivity contribution >= 4 is 0 Å². The van der Waals surface area contributed by atoms with E-state index in [0.717, 1.165) is 12.2 Å². The minimum Gasteiger partial charge on any atom is -0.372 e. The highest BCUT2D eigenvalue weighted by molar-refractivity contribution is 5.19. The van der Waals surface area contributed by atoms with Gasteiger partial charge in [0.25, 0.3) is 0 Å². The molecule has 2 nitrogen and oxygen atoms in total. The Bertz CT molecular complexity index is 409. The number of hydrogen-bond donors (Lipinski definition) is 1. The molecule has 0 amide bonds. The smallest absolute Gasteiger partial charge is 0.123 e. The molecular formula is C16H24FNO. The fourth-order valence-electron chi connectivity index (χ4n) is 1.92. The van der Waals surface area contributed by atoms with Gasteiger partial charge in [0, 0.05) is 12.1 Å². The molecule has 0 aliphatic heterocycles. The van der Waals surface area contributed by atoms with Crippen molar-refractivity contribution in [2.45, 2.75) is 45.3 Å². The zero-order chi connectivity index (χ0) is 13.9. The van der Waals surface area contributed by atoms with Crippen molar-refractivity contribution in [2.24, 2.45) is 5.92 Å². The molecule has 3 heteroatoms. The van der Waals surface area contributed by atoms with E-state index in [0.29, 0.717) is 12.5 Å².